The predicted molar refractivity (Wildman–Crippen MR) is 48.3 cm³/mol. The van der Waals surface area contributed by atoms with Crippen LogP contribution in [0.1, 0.15) is 28.7 Å². The second-order valence-electron chi connectivity index (χ2n) is 2.74. The number of hydrogen-bond acceptors (Lipinski definition) is 3. The van der Waals surface area contributed by atoms with E-state index in [1.807, 2.05) is 23.4 Å². The summed E-state index contributed by atoms with van der Waals surface area (Å²) < 4.78 is 1.93. The van der Waals surface area contributed by atoms with Crippen LogP contribution in [-0.4, -0.2) is 16.1 Å². The third-order valence-corrected chi connectivity index (χ3v) is 3.06. The van der Waals surface area contributed by atoms with Crippen molar-refractivity contribution in [2.75, 3.05) is 0 Å². The minimum absolute atomic E-state index is 0.636. The molecule has 2 heterocycles. The van der Waals surface area contributed by atoms with Gasteiger partial charge in [-0.3, -0.25) is 9.48 Å². The predicted octanol–water partition coefficient (Wildman–Crippen LogP) is 1.46. The summed E-state index contributed by atoms with van der Waals surface area (Å²) in [7, 11) is 0. The summed E-state index contributed by atoms with van der Waals surface area (Å²) in [6, 6.07) is 0. The average molecular weight is 182 g/mol. The molecule has 0 N–H and O–H groups in total. The molecular weight excluding hydrogens is 172 g/mol. The number of aryl methyl sites for hydroxylation is 1. The van der Waals surface area contributed by atoms with Gasteiger partial charge in [0.05, 0.1) is 5.69 Å². The molecule has 0 spiro atoms. The van der Waals surface area contributed by atoms with Crippen LogP contribution in [-0.2, 0) is 18.1 Å². The van der Waals surface area contributed by atoms with E-state index in [2.05, 4.69) is 5.10 Å². The van der Waals surface area contributed by atoms with Crippen molar-refractivity contribution in [2.24, 2.45) is 0 Å². The van der Waals surface area contributed by atoms with E-state index in [4.69, 9.17) is 0 Å². The van der Waals surface area contributed by atoms with Crippen LogP contribution in [0.3, 0.4) is 0 Å². The molecular formula is C8H10N2OS. The standard InChI is InChI=1S/C8H10N2OS/c1-2-10-8-5-12-4-6(8)7(3-11)9-10/h3H,2,4-5H2,1H3. The average Bonchev–Trinajstić information content (AvgIpc) is 2.63. The van der Waals surface area contributed by atoms with Gasteiger partial charge in [0.2, 0.25) is 0 Å². The summed E-state index contributed by atoms with van der Waals surface area (Å²) in [4.78, 5) is 10.6. The van der Waals surface area contributed by atoms with E-state index in [0.717, 1.165) is 29.9 Å². The van der Waals surface area contributed by atoms with Crippen molar-refractivity contribution in [3.05, 3.63) is 17.0 Å². The normalized spacial score (nSPS) is 14.8. The van der Waals surface area contributed by atoms with Crippen molar-refractivity contribution >= 4 is 18.0 Å². The Balaban J connectivity index is 2.54. The summed E-state index contributed by atoms with van der Waals surface area (Å²) in [5.74, 6) is 1.95. The molecule has 12 heavy (non-hydrogen) atoms. The van der Waals surface area contributed by atoms with Crippen molar-refractivity contribution in [3.63, 3.8) is 0 Å². The summed E-state index contributed by atoms with van der Waals surface area (Å²) >= 11 is 1.85. The first-order valence-electron chi connectivity index (χ1n) is 3.98. The third kappa shape index (κ3) is 0.982. The molecule has 0 aliphatic carbocycles. The Labute approximate surface area is 75.1 Å². The molecule has 1 aromatic heterocycles. The largest absolute Gasteiger partial charge is 0.296 e. The summed E-state index contributed by atoms with van der Waals surface area (Å²) in [5, 5.41) is 4.20. The van der Waals surface area contributed by atoms with Gasteiger partial charge in [-0.05, 0) is 6.92 Å². The van der Waals surface area contributed by atoms with Crippen LogP contribution in [0.4, 0.5) is 0 Å². The maximum Gasteiger partial charge on any atom is 0.170 e. The van der Waals surface area contributed by atoms with E-state index in [9.17, 15) is 4.79 Å². The maximum absolute atomic E-state index is 10.6. The smallest absolute Gasteiger partial charge is 0.170 e. The number of carbonyl (C=O) groups is 1. The van der Waals surface area contributed by atoms with Crippen LogP contribution in [0.15, 0.2) is 0 Å². The van der Waals surface area contributed by atoms with Crippen molar-refractivity contribution in [1.29, 1.82) is 0 Å². The molecule has 4 heteroatoms. The second kappa shape index (κ2) is 2.94. The Morgan fingerprint density at radius 1 is 1.67 bits per heavy atom. The van der Waals surface area contributed by atoms with Gasteiger partial charge in [-0.2, -0.15) is 16.9 Å². The zero-order valence-electron chi connectivity index (χ0n) is 6.91. The number of hydrogen-bond donors (Lipinski definition) is 0. The molecule has 0 aromatic carbocycles. The lowest BCUT2D eigenvalue weighted by Gasteiger charge is -1.98. The van der Waals surface area contributed by atoms with Crippen molar-refractivity contribution in [1.82, 2.24) is 9.78 Å². The van der Waals surface area contributed by atoms with E-state index in [1.165, 1.54) is 5.69 Å². The number of aldehydes is 1. The fourth-order valence-corrected chi connectivity index (χ4v) is 2.62. The van der Waals surface area contributed by atoms with Crippen LogP contribution in [0.5, 0.6) is 0 Å². The zero-order valence-corrected chi connectivity index (χ0v) is 7.73. The Morgan fingerprint density at radius 2 is 2.50 bits per heavy atom. The van der Waals surface area contributed by atoms with Crippen LogP contribution in [0, 0.1) is 0 Å². The molecule has 1 aliphatic rings. The zero-order chi connectivity index (χ0) is 8.55. The number of rotatable bonds is 2. The molecule has 0 fully saturated rings. The lowest BCUT2D eigenvalue weighted by atomic mass is 10.2. The van der Waals surface area contributed by atoms with Crippen molar-refractivity contribution < 1.29 is 4.79 Å². The summed E-state index contributed by atoms with van der Waals surface area (Å²) in [6.07, 6.45) is 0.858. The number of thioether (sulfide) groups is 1. The molecule has 1 aliphatic heterocycles. The Bertz CT molecular complexity index is 319. The quantitative estimate of drug-likeness (QED) is 0.649. The molecule has 1 aromatic rings. The van der Waals surface area contributed by atoms with Crippen LogP contribution in [0.25, 0.3) is 0 Å². The van der Waals surface area contributed by atoms with E-state index >= 15 is 0 Å². The maximum atomic E-state index is 10.6. The first-order chi connectivity index (χ1) is 5.86. The molecule has 0 radical (unpaired) electrons. The Hall–Kier alpha value is -0.770. The molecule has 64 valence electrons. The summed E-state index contributed by atoms with van der Waals surface area (Å²) in [5.41, 5.74) is 3.03. The Morgan fingerprint density at radius 3 is 3.17 bits per heavy atom. The van der Waals surface area contributed by atoms with Gasteiger partial charge in [-0.25, -0.2) is 0 Å². The first-order valence-corrected chi connectivity index (χ1v) is 5.13. The molecule has 0 atom stereocenters. The van der Waals surface area contributed by atoms with Gasteiger partial charge in [-0.1, -0.05) is 0 Å². The van der Waals surface area contributed by atoms with Crippen LogP contribution >= 0.6 is 11.8 Å². The highest BCUT2D eigenvalue weighted by Crippen LogP contribution is 2.31. The molecule has 0 amide bonds. The van der Waals surface area contributed by atoms with Crippen LogP contribution in [0.2, 0.25) is 0 Å². The monoisotopic (exact) mass is 182 g/mol. The van der Waals surface area contributed by atoms with Crippen molar-refractivity contribution in [2.45, 2.75) is 25.0 Å². The fourth-order valence-electron chi connectivity index (χ4n) is 1.48. The van der Waals surface area contributed by atoms with Crippen molar-refractivity contribution in [3.8, 4) is 0 Å². The van der Waals surface area contributed by atoms with E-state index in [0.29, 0.717) is 5.69 Å². The Kier molecular flexibility index (Phi) is 1.92. The second-order valence-corrected chi connectivity index (χ2v) is 3.72. The fraction of sp³-hybridized carbons (Fsp3) is 0.500. The molecule has 0 bridgehead atoms. The topological polar surface area (TPSA) is 34.9 Å². The number of nitrogens with zero attached hydrogens (tertiary/aromatic N) is 2. The highest BCUT2D eigenvalue weighted by atomic mass is 32.2. The highest BCUT2D eigenvalue weighted by Gasteiger charge is 2.21. The lowest BCUT2D eigenvalue weighted by Crippen LogP contribution is -2.00. The molecule has 2 rings (SSSR count). The number of aromatic nitrogens is 2. The van der Waals surface area contributed by atoms with Gasteiger partial charge in [0.25, 0.3) is 0 Å². The van der Waals surface area contributed by atoms with Gasteiger partial charge < -0.3 is 0 Å². The highest BCUT2D eigenvalue weighted by molar-refractivity contribution is 7.98. The third-order valence-electron chi connectivity index (χ3n) is 2.09. The van der Waals surface area contributed by atoms with Crippen LogP contribution < -0.4 is 0 Å². The number of fused-ring (bicyclic) bond motifs is 1. The van der Waals surface area contributed by atoms with Gasteiger partial charge in [0, 0.05) is 23.6 Å². The van der Waals surface area contributed by atoms with E-state index in [1.54, 1.807) is 0 Å². The van der Waals surface area contributed by atoms with Gasteiger partial charge in [0.1, 0.15) is 5.69 Å². The van der Waals surface area contributed by atoms with E-state index in [-0.39, 0.29) is 0 Å². The lowest BCUT2D eigenvalue weighted by molar-refractivity contribution is 0.111. The SMILES string of the molecule is CCn1nc(C=O)c2c1CSC2. The van der Waals surface area contributed by atoms with E-state index < -0.39 is 0 Å². The molecule has 0 saturated heterocycles. The minimum atomic E-state index is 0.636. The van der Waals surface area contributed by atoms with Gasteiger partial charge in [0.15, 0.2) is 6.29 Å². The van der Waals surface area contributed by atoms with Gasteiger partial charge >= 0.3 is 0 Å². The summed E-state index contributed by atoms with van der Waals surface area (Å²) in [6.45, 7) is 2.90. The van der Waals surface area contributed by atoms with Gasteiger partial charge in [-0.15, -0.1) is 0 Å². The molecule has 3 nitrogen and oxygen atoms in total. The minimum Gasteiger partial charge on any atom is -0.296 e. The molecule has 0 unspecified atom stereocenters. The molecule has 0 saturated carbocycles. The first kappa shape index (κ1) is 7.86. The number of carbonyl (C=O) groups excluding carboxylic acids is 1.